The van der Waals surface area contributed by atoms with Crippen LogP contribution in [0, 0.1) is 5.92 Å². The summed E-state index contributed by atoms with van der Waals surface area (Å²) in [5, 5.41) is 3.28. The molecule has 1 aliphatic heterocycles. The van der Waals surface area contributed by atoms with Crippen LogP contribution in [0.25, 0.3) is 0 Å². The molecule has 5 heteroatoms. The molecule has 0 bridgehead atoms. The van der Waals surface area contributed by atoms with Crippen molar-refractivity contribution < 1.29 is 9.59 Å². The summed E-state index contributed by atoms with van der Waals surface area (Å²) in [7, 11) is 0. The Balaban J connectivity index is 2.36. The molecule has 1 N–H and O–H groups in total. The van der Waals surface area contributed by atoms with Gasteiger partial charge in [0.15, 0.2) is 0 Å². The predicted octanol–water partition coefficient (Wildman–Crippen LogP) is 2.42. The minimum absolute atomic E-state index is 0.162. The molecule has 1 fully saturated rings. The van der Waals surface area contributed by atoms with Crippen molar-refractivity contribution in [2.24, 2.45) is 5.92 Å². The van der Waals surface area contributed by atoms with Crippen LogP contribution in [0.2, 0.25) is 5.02 Å². The molecular weight excluding hydrogens is 240 g/mol. The number of imide groups is 1. The number of hydrogen-bond acceptors (Lipinski definition) is 2. The monoisotopic (exact) mass is 252 g/mol. The molecule has 1 aromatic carbocycles. The molecule has 1 aromatic rings. The van der Waals surface area contributed by atoms with Gasteiger partial charge in [-0.05, 0) is 30.7 Å². The number of hydrogen-bond donors (Lipinski definition) is 1. The molecule has 3 amide bonds. The number of amides is 3. The average Bonchev–Trinajstić information content (AvgIpc) is 2.42. The molecular formula is C12H13ClN2O2. The molecule has 1 saturated heterocycles. The molecule has 1 unspecified atom stereocenters. The van der Waals surface area contributed by atoms with E-state index in [1.807, 2.05) is 6.92 Å². The molecule has 2 rings (SSSR count). The van der Waals surface area contributed by atoms with Crippen molar-refractivity contribution in [3.63, 3.8) is 0 Å². The van der Waals surface area contributed by atoms with E-state index in [9.17, 15) is 9.59 Å². The smallest absolute Gasteiger partial charge is 0.328 e. The third-order valence-corrected chi connectivity index (χ3v) is 3.04. The number of nitrogens with zero attached hydrogens (tertiary/aromatic N) is 1. The van der Waals surface area contributed by atoms with E-state index >= 15 is 0 Å². The lowest BCUT2D eigenvalue weighted by Crippen LogP contribution is -2.42. The van der Waals surface area contributed by atoms with Gasteiger partial charge in [-0.3, -0.25) is 4.79 Å². The van der Waals surface area contributed by atoms with Gasteiger partial charge in [-0.25, -0.2) is 9.69 Å². The van der Waals surface area contributed by atoms with Crippen molar-refractivity contribution in [3.8, 4) is 0 Å². The van der Waals surface area contributed by atoms with Crippen molar-refractivity contribution in [2.45, 2.75) is 13.3 Å². The van der Waals surface area contributed by atoms with Gasteiger partial charge in [-0.1, -0.05) is 18.5 Å². The lowest BCUT2D eigenvalue weighted by atomic mass is 10.1. The molecule has 0 saturated carbocycles. The highest BCUT2D eigenvalue weighted by atomic mass is 35.5. The first-order valence-electron chi connectivity index (χ1n) is 5.47. The Kier molecular flexibility index (Phi) is 3.33. The minimum atomic E-state index is -0.373. The van der Waals surface area contributed by atoms with Crippen LogP contribution in [-0.4, -0.2) is 18.5 Å². The predicted molar refractivity (Wildman–Crippen MR) is 66.1 cm³/mol. The molecule has 1 atom stereocenters. The quantitative estimate of drug-likeness (QED) is 0.835. The number of carbonyl (C=O) groups is 2. The summed E-state index contributed by atoms with van der Waals surface area (Å²) in [5.74, 6) is -0.341. The van der Waals surface area contributed by atoms with Gasteiger partial charge in [0, 0.05) is 17.5 Å². The van der Waals surface area contributed by atoms with Gasteiger partial charge < -0.3 is 5.32 Å². The summed E-state index contributed by atoms with van der Waals surface area (Å²) >= 11 is 5.78. The van der Waals surface area contributed by atoms with Crippen LogP contribution in [0.3, 0.4) is 0 Å². The van der Waals surface area contributed by atoms with E-state index in [0.29, 0.717) is 23.7 Å². The van der Waals surface area contributed by atoms with Crippen LogP contribution in [-0.2, 0) is 4.79 Å². The second-order valence-electron chi connectivity index (χ2n) is 4.07. The Morgan fingerprint density at radius 1 is 1.29 bits per heavy atom. The number of carbonyl (C=O) groups excluding carboxylic acids is 2. The van der Waals surface area contributed by atoms with E-state index in [0.717, 1.165) is 0 Å². The summed E-state index contributed by atoms with van der Waals surface area (Å²) < 4.78 is 0. The van der Waals surface area contributed by atoms with Gasteiger partial charge in [0.2, 0.25) is 5.91 Å². The van der Waals surface area contributed by atoms with Crippen molar-refractivity contribution in [2.75, 3.05) is 11.4 Å². The highest BCUT2D eigenvalue weighted by Crippen LogP contribution is 2.22. The lowest BCUT2D eigenvalue weighted by Gasteiger charge is -2.20. The Labute approximate surface area is 105 Å². The third-order valence-electron chi connectivity index (χ3n) is 2.78. The SMILES string of the molecule is CC1CCNC(=O)N(c2ccc(Cl)cc2)C1=O. The van der Waals surface area contributed by atoms with Crippen LogP contribution in [0.1, 0.15) is 13.3 Å². The first-order valence-corrected chi connectivity index (χ1v) is 5.85. The fourth-order valence-electron chi connectivity index (χ4n) is 1.75. The normalized spacial score (nSPS) is 21.1. The van der Waals surface area contributed by atoms with E-state index in [-0.39, 0.29) is 17.9 Å². The number of rotatable bonds is 1. The maximum atomic E-state index is 12.1. The van der Waals surface area contributed by atoms with E-state index < -0.39 is 0 Å². The van der Waals surface area contributed by atoms with Crippen molar-refractivity contribution in [1.29, 1.82) is 0 Å². The van der Waals surface area contributed by atoms with E-state index in [4.69, 9.17) is 11.6 Å². The zero-order valence-corrected chi connectivity index (χ0v) is 10.2. The Morgan fingerprint density at radius 3 is 2.59 bits per heavy atom. The van der Waals surface area contributed by atoms with Crippen LogP contribution >= 0.6 is 11.6 Å². The molecule has 1 aliphatic rings. The van der Waals surface area contributed by atoms with Crippen molar-refractivity contribution in [3.05, 3.63) is 29.3 Å². The number of nitrogens with one attached hydrogen (secondary N) is 1. The highest BCUT2D eigenvalue weighted by Gasteiger charge is 2.30. The van der Waals surface area contributed by atoms with Gasteiger partial charge in [0.05, 0.1) is 5.69 Å². The fraction of sp³-hybridized carbons (Fsp3) is 0.333. The zero-order valence-electron chi connectivity index (χ0n) is 9.44. The van der Waals surface area contributed by atoms with Crippen molar-refractivity contribution in [1.82, 2.24) is 5.32 Å². The van der Waals surface area contributed by atoms with Gasteiger partial charge in [-0.15, -0.1) is 0 Å². The largest absolute Gasteiger partial charge is 0.337 e. The minimum Gasteiger partial charge on any atom is -0.337 e. The third kappa shape index (κ3) is 2.42. The second kappa shape index (κ2) is 4.75. The summed E-state index contributed by atoms with van der Waals surface area (Å²) in [6, 6.07) is 6.28. The van der Waals surface area contributed by atoms with Crippen LogP contribution < -0.4 is 10.2 Å². The summed E-state index contributed by atoms with van der Waals surface area (Å²) in [4.78, 5) is 25.1. The summed E-state index contributed by atoms with van der Waals surface area (Å²) in [6.07, 6.45) is 0.661. The van der Waals surface area contributed by atoms with E-state index in [1.165, 1.54) is 4.90 Å². The summed E-state index contributed by atoms with van der Waals surface area (Å²) in [6.45, 7) is 2.35. The molecule has 90 valence electrons. The van der Waals surface area contributed by atoms with Gasteiger partial charge in [-0.2, -0.15) is 0 Å². The number of urea groups is 1. The molecule has 4 nitrogen and oxygen atoms in total. The first kappa shape index (κ1) is 11.9. The molecule has 1 heterocycles. The van der Waals surface area contributed by atoms with Crippen LogP contribution in [0.15, 0.2) is 24.3 Å². The van der Waals surface area contributed by atoms with Gasteiger partial charge >= 0.3 is 6.03 Å². The Hall–Kier alpha value is -1.55. The van der Waals surface area contributed by atoms with Crippen LogP contribution in [0.5, 0.6) is 0 Å². The van der Waals surface area contributed by atoms with Crippen molar-refractivity contribution >= 4 is 29.2 Å². The highest BCUT2D eigenvalue weighted by molar-refractivity contribution is 6.30. The Morgan fingerprint density at radius 2 is 1.94 bits per heavy atom. The number of anilines is 1. The molecule has 0 radical (unpaired) electrons. The van der Waals surface area contributed by atoms with Gasteiger partial charge in [0.25, 0.3) is 0 Å². The van der Waals surface area contributed by atoms with E-state index in [2.05, 4.69) is 5.32 Å². The molecule has 17 heavy (non-hydrogen) atoms. The van der Waals surface area contributed by atoms with Gasteiger partial charge in [0.1, 0.15) is 0 Å². The maximum Gasteiger partial charge on any atom is 0.328 e. The first-order chi connectivity index (χ1) is 8.09. The number of halogens is 1. The maximum absolute atomic E-state index is 12.1. The average molecular weight is 253 g/mol. The Bertz CT molecular complexity index is 444. The number of benzene rings is 1. The van der Waals surface area contributed by atoms with E-state index in [1.54, 1.807) is 24.3 Å². The second-order valence-corrected chi connectivity index (χ2v) is 4.51. The van der Waals surface area contributed by atoms with Crippen LogP contribution in [0.4, 0.5) is 10.5 Å². The topological polar surface area (TPSA) is 49.4 Å². The standard InChI is InChI=1S/C12H13ClN2O2/c1-8-6-7-14-12(17)15(11(8)16)10-4-2-9(13)3-5-10/h2-5,8H,6-7H2,1H3,(H,14,17). The zero-order chi connectivity index (χ0) is 12.4. The fourth-order valence-corrected chi connectivity index (χ4v) is 1.88. The summed E-state index contributed by atoms with van der Waals surface area (Å²) in [5.41, 5.74) is 0.547. The molecule has 0 aromatic heterocycles. The molecule has 0 spiro atoms. The molecule has 0 aliphatic carbocycles. The lowest BCUT2D eigenvalue weighted by molar-refractivity contribution is -0.121.